The van der Waals surface area contributed by atoms with Gasteiger partial charge in [0.1, 0.15) is 0 Å². The predicted molar refractivity (Wildman–Crippen MR) is 102 cm³/mol. The molecule has 0 aliphatic heterocycles. The lowest BCUT2D eigenvalue weighted by atomic mass is 10.1. The van der Waals surface area contributed by atoms with E-state index >= 15 is 0 Å². The Kier molecular flexibility index (Phi) is 6.74. The van der Waals surface area contributed by atoms with E-state index in [9.17, 15) is 4.79 Å². The molecule has 2 aromatic rings. The van der Waals surface area contributed by atoms with Crippen LogP contribution in [0.1, 0.15) is 32.1 Å². The van der Waals surface area contributed by atoms with Gasteiger partial charge in [0.2, 0.25) is 11.0 Å². The summed E-state index contributed by atoms with van der Waals surface area (Å²) >= 11 is 3.07. The summed E-state index contributed by atoms with van der Waals surface area (Å²) < 4.78 is 0. The van der Waals surface area contributed by atoms with Gasteiger partial charge in [0.25, 0.3) is 0 Å². The number of aliphatic imine (C=N–C) groups is 1. The molecule has 6 nitrogen and oxygen atoms in total. The summed E-state index contributed by atoms with van der Waals surface area (Å²) in [6.45, 7) is 7.17. The second-order valence-corrected chi connectivity index (χ2v) is 7.59. The van der Waals surface area contributed by atoms with E-state index in [0.717, 1.165) is 28.4 Å². The highest BCUT2D eigenvalue weighted by atomic mass is 32.1. The lowest BCUT2D eigenvalue weighted by molar-refractivity contribution is -0.119. The molecule has 0 bridgehead atoms. The Morgan fingerprint density at radius 2 is 2.21 bits per heavy atom. The highest BCUT2D eigenvalue weighted by molar-refractivity contribution is 7.16. The summed E-state index contributed by atoms with van der Waals surface area (Å²) in [7, 11) is 0. The molecule has 1 atom stereocenters. The minimum atomic E-state index is -0.0319. The van der Waals surface area contributed by atoms with E-state index < -0.39 is 0 Å². The number of carbonyl (C=O) groups excluding carboxylic acids is 1. The number of rotatable bonds is 7. The van der Waals surface area contributed by atoms with Gasteiger partial charge in [-0.3, -0.25) is 4.79 Å². The predicted octanol–water partition coefficient (Wildman–Crippen LogP) is 3.09. The van der Waals surface area contributed by atoms with Gasteiger partial charge in [0, 0.05) is 23.7 Å². The van der Waals surface area contributed by atoms with Gasteiger partial charge in [-0.2, -0.15) is 4.99 Å². The van der Waals surface area contributed by atoms with Crippen molar-refractivity contribution in [2.45, 2.75) is 33.7 Å². The third-order valence-corrected chi connectivity index (χ3v) is 5.30. The number of hydrogen-bond donors (Lipinski definition) is 3. The first-order chi connectivity index (χ1) is 11.5. The Hall–Kier alpha value is -1.93. The normalized spacial score (nSPS) is 12.9. The number of thiazole rings is 1. The van der Waals surface area contributed by atoms with Crippen molar-refractivity contribution < 1.29 is 4.79 Å². The zero-order valence-electron chi connectivity index (χ0n) is 14.1. The lowest BCUT2D eigenvalue weighted by Gasteiger charge is -2.09. The van der Waals surface area contributed by atoms with Crippen molar-refractivity contribution in [3.63, 3.8) is 0 Å². The average molecular weight is 366 g/mol. The van der Waals surface area contributed by atoms with Crippen molar-refractivity contribution in [1.82, 2.24) is 15.6 Å². The molecular formula is C16H23N5OS2. The molecule has 2 aromatic heterocycles. The summed E-state index contributed by atoms with van der Waals surface area (Å²) in [5, 5.41) is 8.51. The average Bonchev–Trinajstić information content (AvgIpc) is 3.19. The smallest absolute Gasteiger partial charge is 0.217 e. The molecule has 0 saturated carbocycles. The van der Waals surface area contributed by atoms with Crippen molar-refractivity contribution in [3.05, 3.63) is 22.4 Å². The first kappa shape index (κ1) is 18.4. The van der Waals surface area contributed by atoms with Crippen LogP contribution >= 0.6 is 22.7 Å². The molecule has 0 aliphatic carbocycles. The Labute approximate surface area is 150 Å². The first-order valence-corrected chi connectivity index (χ1v) is 9.54. The molecule has 1 unspecified atom stereocenters. The molecule has 0 aliphatic rings. The molecule has 24 heavy (non-hydrogen) atoms. The number of nitrogens with zero attached hydrogens (tertiary/aromatic N) is 2. The summed E-state index contributed by atoms with van der Waals surface area (Å²) in [6, 6.07) is 4.01. The molecular weight excluding hydrogens is 342 g/mol. The Balaban J connectivity index is 1.98. The number of carbonyl (C=O) groups is 1. The van der Waals surface area contributed by atoms with E-state index in [2.05, 4.69) is 34.5 Å². The summed E-state index contributed by atoms with van der Waals surface area (Å²) in [6.07, 6.45) is 1.10. The minimum Gasteiger partial charge on any atom is -0.370 e. The minimum absolute atomic E-state index is 0.0319. The first-order valence-electron chi connectivity index (χ1n) is 7.85. The standard InChI is InChI=1S/C16H23N5OS2/c1-4-10(2)7-19-15(17)21-16-20-13(9-23-16)14-6-5-12(24-14)8-18-11(3)22/h5-6,9-10H,4,7-8H2,1-3H3,(H,18,22)(H3,17,19,20,21). The van der Waals surface area contributed by atoms with Crippen LogP contribution in [-0.2, 0) is 11.3 Å². The summed E-state index contributed by atoms with van der Waals surface area (Å²) in [5.74, 6) is 0.920. The van der Waals surface area contributed by atoms with E-state index in [1.165, 1.54) is 18.3 Å². The van der Waals surface area contributed by atoms with Crippen LogP contribution in [0.15, 0.2) is 22.5 Å². The fourth-order valence-electron chi connectivity index (χ4n) is 1.82. The zero-order chi connectivity index (χ0) is 17.5. The van der Waals surface area contributed by atoms with Gasteiger partial charge in [-0.1, -0.05) is 20.3 Å². The number of amides is 1. The fraction of sp³-hybridized carbons (Fsp3) is 0.438. The second-order valence-electron chi connectivity index (χ2n) is 5.58. The molecule has 0 radical (unpaired) electrons. The van der Waals surface area contributed by atoms with Crippen LogP contribution < -0.4 is 16.4 Å². The molecule has 0 spiro atoms. The largest absolute Gasteiger partial charge is 0.370 e. The summed E-state index contributed by atoms with van der Waals surface area (Å²) in [5.41, 5.74) is 6.78. The van der Waals surface area contributed by atoms with Crippen molar-refractivity contribution in [1.29, 1.82) is 0 Å². The topological polar surface area (TPSA) is 92.4 Å². The maximum atomic E-state index is 11.0. The Morgan fingerprint density at radius 3 is 2.92 bits per heavy atom. The van der Waals surface area contributed by atoms with Gasteiger partial charge in [0.05, 0.1) is 17.1 Å². The van der Waals surface area contributed by atoms with Crippen LogP contribution in [0.3, 0.4) is 0 Å². The van der Waals surface area contributed by atoms with E-state index in [0.29, 0.717) is 23.6 Å². The van der Waals surface area contributed by atoms with E-state index in [-0.39, 0.29) is 5.91 Å². The van der Waals surface area contributed by atoms with Crippen LogP contribution in [0.25, 0.3) is 10.6 Å². The van der Waals surface area contributed by atoms with Gasteiger partial charge in [-0.15, -0.1) is 22.7 Å². The molecule has 8 heteroatoms. The number of nitrogens with one attached hydrogen (secondary N) is 2. The van der Waals surface area contributed by atoms with Crippen LogP contribution in [0, 0.1) is 5.92 Å². The third-order valence-electron chi connectivity index (χ3n) is 3.46. The molecule has 130 valence electrons. The Bertz CT molecular complexity index is 707. The molecule has 0 fully saturated rings. The lowest BCUT2D eigenvalue weighted by Crippen LogP contribution is -2.34. The quantitative estimate of drug-likeness (QED) is 0.519. The number of guanidine groups is 1. The molecule has 4 N–H and O–H groups in total. The monoisotopic (exact) mass is 365 g/mol. The maximum Gasteiger partial charge on any atom is 0.217 e. The second kappa shape index (κ2) is 8.79. The molecule has 0 aromatic carbocycles. The van der Waals surface area contributed by atoms with Crippen LogP contribution in [0.4, 0.5) is 5.13 Å². The van der Waals surface area contributed by atoms with Gasteiger partial charge in [-0.25, -0.2) is 4.98 Å². The maximum absolute atomic E-state index is 11.0. The van der Waals surface area contributed by atoms with Crippen molar-refractivity contribution >= 4 is 39.7 Å². The van der Waals surface area contributed by atoms with Crippen molar-refractivity contribution in [2.75, 3.05) is 6.54 Å². The van der Waals surface area contributed by atoms with Crippen LogP contribution in [-0.4, -0.2) is 23.4 Å². The highest BCUT2D eigenvalue weighted by Crippen LogP contribution is 2.31. The zero-order valence-corrected chi connectivity index (χ0v) is 15.8. The highest BCUT2D eigenvalue weighted by Gasteiger charge is 2.08. The molecule has 2 rings (SSSR count). The number of thiophene rings is 1. The number of hydrogen-bond acceptors (Lipinski definition) is 5. The van der Waals surface area contributed by atoms with E-state index in [1.807, 2.05) is 17.5 Å². The molecule has 1 amide bonds. The summed E-state index contributed by atoms with van der Waals surface area (Å²) in [4.78, 5) is 21.9. The van der Waals surface area contributed by atoms with Crippen molar-refractivity contribution in [3.8, 4) is 10.6 Å². The molecule has 0 saturated heterocycles. The van der Waals surface area contributed by atoms with Gasteiger partial charge in [0.15, 0.2) is 5.96 Å². The SMILES string of the molecule is CCC(C)CN/C(N)=N/c1nc(-c2ccc(CNC(C)=O)s2)cs1. The Morgan fingerprint density at radius 1 is 1.42 bits per heavy atom. The molecule has 2 heterocycles. The third kappa shape index (κ3) is 5.61. The number of aromatic nitrogens is 1. The van der Waals surface area contributed by atoms with E-state index in [1.54, 1.807) is 11.3 Å². The number of nitrogens with two attached hydrogens (primary N) is 1. The van der Waals surface area contributed by atoms with E-state index in [4.69, 9.17) is 5.73 Å². The van der Waals surface area contributed by atoms with Crippen molar-refractivity contribution in [2.24, 2.45) is 16.6 Å². The van der Waals surface area contributed by atoms with Gasteiger partial charge >= 0.3 is 0 Å². The van der Waals surface area contributed by atoms with Crippen LogP contribution in [0.2, 0.25) is 0 Å². The van der Waals surface area contributed by atoms with Gasteiger partial charge < -0.3 is 16.4 Å². The van der Waals surface area contributed by atoms with Gasteiger partial charge in [-0.05, 0) is 18.1 Å². The van der Waals surface area contributed by atoms with Crippen LogP contribution in [0.5, 0.6) is 0 Å². The fourth-order valence-corrected chi connectivity index (χ4v) is 3.50.